The number of nitrogens with zero attached hydrogens (tertiary/aromatic N) is 1. The Morgan fingerprint density at radius 1 is 1.05 bits per heavy atom. The molecule has 0 saturated carbocycles. The van der Waals surface area contributed by atoms with Crippen molar-refractivity contribution in [2.75, 3.05) is 26.2 Å². The largest absolute Gasteiger partial charge is 0.317 e. The number of nitrogens with one attached hydrogen (secondary N) is 1. The first kappa shape index (κ1) is 14.1. The Morgan fingerprint density at radius 2 is 1.85 bits per heavy atom. The normalized spacial score (nSPS) is 25.1. The van der Waals surface area contributed by atoms with Crippen molar-refractivity contribution in [3.05, 3.63) is 35.9 Å². The molecule has 2 aliphatic heterocycles. The maximum atomic E-state index is 3.48. The van der Waals surface area contributed by atoms with Crippen molar-refractivity contribution >= 4 is 0 Å². The molecule has 0 aromatic heterocycles. The lowest BCUT2D eigenvalue weighted by atomic mass is 9.96. The molecular weight excluding hydrogens is 244 g/mol. The minimum atomic E-state index is 0.838. The SMILES string of the molecule is c1ccc(CCC2CCCN2CC2CCNCC2)cc1. The summed E-state index contributed by atoms with van der Waals surface area (Å²) >= 11 is 0. The van der Waals surface area contributed by atoms with Crippen LogP contribution in [0.2, 0.25) is 0 Å². The molecule has 0 radical (unpaired) electrons. The van der Waals surface area contributed by atoms with Crippen molar-refractivity contribution in [1.29, 1.82) is 0 Å². The third-order valence-electron chi connectivity index (χ3n) is 5.06. The smallest absolute Gasteiger partial charge is 0.00990 e. The highest BCUT2D eigenvalue weighted by Crippen LogP contribution is 2.25. The van der Waals surface area contributed by atoms with Gasteiger partial charge in [0.2, 0.25) is 0 Å². The van der Waals surface area contributed by atoms with E-state index in [1.165, 1.54) is 70.3 Å². The number of rotatable bonds is 5. The van der Waals surface area contributed by atoms with Gasteiger partial charge in [-0.15, -0.1) is 0 Å². The topological polar surface area (TPSA) is 15.3 Å². The van der Waals surface area contributed by atoms with Gasteiger partial charge >= 0.3 is 0 Å². The highest BCUT2D eigenvalue weighted by Gasteiger charge is 2.26. The highest BCUT2D eigenvalue weighted by atomic mass is 15.2. The second kappa shape index (κ2) is 7.24. The lowest BCUT2D eigenvalue weighted by molar-refractivity contribution is 0.185. The van der Waals surface area contributed by atoms with Crippen LogP contribution in [0, 0.1) is 5.92 Å². The molecule has 110 valence electrons. The Bertz CT molecular complexity index is 384. The molecule has 1 aromatic rings. The van der Waals surface area contributed by atoms with Crippen LogP contribution >= 0.6 is 0 Å². The van der Waals surface area contributed by atoms with Gasteiger partial charge in [0.25, 0.3) is 0 Å². The number of hydrogen-bond donors (Lipinski definition) is 1. The molecule has 0 spiro atoms. The van der Waals surface area contributed by atoms with Gasteiger partial charge in [-0.25, -0.2) is 0 Å². The Kier molecular flexibility index (Phi) is 5.10. The Labute approximate surface area is 123 Å². The summed E-state index contributed by atoms with van der Waals surface area (Å²) in [4.78, 5) is 2.79. The number of benzene rings is 1. The van der Waals surface area contributed by atoms with Crippen LogP contribution in [0.5, 0.6) is 0 Å². The summed E-state index contributed by atoms with van der Waals surface area (Å²) in [5.74, 6) is 0.938. The van der Waals surface area contributed by atoms with Gasteiger partial charge in [0.05, 0.1) is 0 Å². The minimum absolute atomic E-state index is 0.838. The number of likely N-dealkylation sites (tertiary alicyclic amines) is 1. The van der Waals surface area contributed by atoms with Gasteiger partial charge in [-0.3, -0.25) is 0 Å². The lowest BCUT2D eigenvalue weighted by Crippen LogP contribution is -2.38. The van der Waals surface area contributed by atoms with Crippen LogP contribution in [0.3, 0.4) is 0 Å². The van der Waals surface area contributed by atoms with Crippen LogP contribution in [0.25, 0.3) is 0 Å². The Hall–Kier alpha value is -0.860. The summed E-state index contributed by atoms with van der Waals surface area (Å²) < 4.78 is 0. The second-order valence-electron chi connectivity index (χ2n) is 6.51. The van der Waals surface area contributed by atoms with Crippen molar-refractivity contribution < 1.29 is 0 Å². The van der Waals surface area contributed by atoms with Crippen LogP contribution in [-0.4, -0.2) is 37.1 Å². The first-order valence-electron chi connectivity index (χ1n) is 8.40. The highest BCUT2D eigenvalue weighted by molar-refractivity contribution is 5.14. The maximum absolute atomic E-state index is 3.48. The van der Waals surface area contributed by atoms with E-state index in [0.29, 0.717) is 0 Å². The first-order valence-corrected chi connectivity index (χ1v) is 8.40. The molecule has 1 atom stereocenters. The Balaban J connectivity index is 1.47. The van der Waals surface area contributed by atoms with Gasteiger partial charge in [-0.2, -0.15) is 0 Å². The number of aryl methyl sites for hydroxylation is 1. The molecule has 0 bridgehead atoms. The predicted octanol–water partition coefficient (Wildman–Crippen LogP) is 3.08. The van der Waals surface area contributed by atoms with E-state index in [0.717, 1.165) is 12.0 Å². The molecule has 2 nitrogen and oxygen atoms in total. The average molecular weight is 272 g/mol. The van der Waals surface area contributed by atoms with E-state index in [2.05, 4.69) is 40.5 Å². The number of piperidine rings is 1. The van der Waals surface area contributed by atoms with Crippen molar-refractivity contribution in [3.63, 3.8) is 0 Å². The standard InChI is InChI=1S/C18H28N2/c1-2-5-16(6-3-1)8-9-18-7-4-14-20(18)15-17-10-12-19-13-11-17/h1-3,5-6,17-19H,4,7-15H2. The quantitative estimate of drug-likeness (QED) is 0.886. The molecule has 2 saturated heterocycles. The van der Waals surface area contributed by atoms with E-state index in [4.69, 9.17) is 0 Å². The van der Waals surface area contributed by atoms with E-state index in [-0.39, 0.29) is 0 Å². The molecule has 1 unspecified atom stereocenters. The molecule has 0 amide bonds. The van der Waals surface area contributed by atoms with Crippen molar-refractivity contribution in [1.82, 2.24) is 10.2 Å². The van der Waals surface area contributed by atoms with Crippen LogP contribution in [-0.2, 0) is 6.42 Å². The summed E-state index contributed by atoms with van der Waals surface area (Å²) in [7, 11) is 0. The van der Waals surface area contributed by atoms with E-state index >= 15 is 0 Å². The average Bonchev–Trinajstić information content (AvgIpc) is 2.94. The van der Waals surface area contributed by atoms with Gasteiger partial charge in [0.1, 0.15) is 0 Å². The zero-order valence-corrected chi connectivity index (χ0v) is 12.6. The summed E-state index contributed by atoms with van der Waals surface area (Å²) in [6, 6.07) is 11.8. The zero-order valence-electron chi connectivity index (χ0n) is 12.6. The zero-order chi connectivity index (χ0) is 13.6. The van der Waals surface area contributed by atoms with Gasteiger partial charge in [0, 0.05) is 12.6 Å². The molecular formula is C18H28N2. The van der Waals surface area contributed by atoms with E-state index in [1.807, 2.05) is 0 Å². The van der Waals surface area contributed by atoms with E-state index in [9.17, 15) is 0 Å². The summed E-state index contributed by atoms with van der Waals surface area (Å²) in [5.41, 5.74) is 1.50. The Morgan fingerprint density at radius 3 is 2.65 bits per heavy atom. The third-order valence-corrected chi connectivity index (χ3v) is 5.06. The maximum Gasteiger partial charge on any atom is 0.00990 e. The fourth-order valence-electron chi connectivity index (χ4n) is 3.84. The predicted molar refractivity (Wildman–Crippen MR) is 85.0 cm³/mol. The van der Waals surface area contributed by atoms with Gasteiger partial charge in [-0.1, -0.05) is 30.3 Å². The molecule has 2 fully saturated rings. The van der Waals surface area contributed by atoms with Crippen molar-refractivity contribution in [2.24, 2.45) is 5.92 Å². The van der Waals surface area contributed by atoms with Gasteiger partial charge in [-0.05, 0) is 69.6 Å². The van der Waals surface area contributed by atoms with Crippen LogP contribution < -0.4 is 5.32 Å². The van der Waals surface area contributed by atoms with Crippen LogP contribution in [0.4, 0.5) is 0 Å². The molecule has 20 heavy (non-hydrogen) atoms. The van der Waals surface area contributed by atoms with Crippen molar-refractivity contribution in [3.8, 4) is 0 Å². The lowest BCUT2D eigenvalue weighted by Gasteiger charge is -2.31. The summed E-state index contributed by atoms with van der Waals surface area (Å²) in [6.07, 6.45) is 8.16. The van der Waals surface area contributed by atoms with Crippen LogP contribution in [0.15, 0.2) is 30.3 Å². The van der Waals surface area contributed by atoms with Crippen LogP contribution in [0.1, 0.15) is 37.7 Å². The monoisotopic (exact) mass is 272 g/mol. The fraction of sp³-hybridized carbons (Fsp3) is 0.667. The molecule has 3 rings (SSSR count). The first-order chi connectivity index (χ1) is 9.92. The van der Waals surface area contributed by atoms with E-state index in [1.54, 1.807) is 0 Å². The molecule has 2 heteroatoms. The molecule has 1 aromatic carbocycles. The molecule has 2 heterocycles. The molecule has 2 aliphatic rings. The fourth-order valence-corrected chi connectivity index (χ4v) is 3.84. The third kappa shape index (κ3) is 3.83. The van der Waals surface area contributed by atoms with Crippen molar-refractivity contribution in [2.45, 2.75) is 44.6 Å². The van der Waals surface area contributed by atoms with E-state index < -0.39 is 0 Å². The second-order valence-corrected chi connectivity index (χ2v) is 6.51. The summed E-state index contributed by atoms with van der Waals surface area (Å²) in [5, 5.41) is 3.48. The van der Waals surface area contributed by atoms with Gasteiger partial charge < -0.3 is 10.2 Å². The van der Waals surface area contributed by atoms with Gasteiger partial charge in [0.15, 0.2) is 0 Å². The minimum Gasteiger partial charge on any atom is -0.317 e. The molecule has 0 aliphatic carbocycles. The summed E-state index contributed by atoms with van der Waals surface area (Å²) in [6.45, 7) is 5.14. The number of hydrogen-bond acceptors (Lipinski definition) is 2. The molecule has 1 N–H and O–H groups in total.